The van der Waals surface area contributed by atoms with E-state index in [-0.39, 0.29) is 23.1 Å². The molecule has 0 unspecified atom stereocenters. The van der Waals surface area contributed by atoms with Gasteiger partial charge in [0.1, 0.15) is 5.58 Å². The monoisotopic (exact) mass is 406 g/mol. The molecule has 156 valence electrons. The van der Waals surface area contributed by atoms with Gasteiger partial charge in [0.2, 0.25) is 0 Å². The highest BCUT2D eigenvalue weighted by Gasteiger charge is 2.24. The summed E-state index contributed by atoms with van der Waals surface area (Å²) >= 11 is 0. The number of ether oxygens (including phenoxy) is 1. The minimum absolute atomic E-state index is 0.0262. The molecule has 4 rings (SSSR count). The Morgan fingerprint density at radius 3 is 2.60 bits per heavy atom. The lowest BCUT2D eigenvalue weighted by atomic mass is 10.0. The Labute approximate surface area is 175 Å². The van der Waals surface area contributed by atoms with Crippen LogP contribution in [-0.2, 0) is 11.2 Å². The fourth-order valence-corrected chi connectivity index (χ4v) is 3.83. The summed E-state index contributed by atoms with van der Waals surface area (Å²) in [5.41, 5.74) is 2.41. The van der Waals surface area contributed by atoms with Crippen LogP contribution in [0.2, 0.25) is 0 Å². The summed E-state index contributed by atoms with van der Waals surface area (Å²) in [6.07, 6.45) is 0.833. The van der Waals surface area contributed by atoms with Crippen molar-refractivity contribution in [3.8, 4) is 0 Å². The molecule has 0 radical (unpaired) electrons. The van der Waals surface area contributed by atoms with Crippen LogP contribution in [0.1, 0.15) is 34.6 Å². The van der Waals surface area contributed by atoms with E-state index in [1.54, 1.807) is 6.07 Å². The van der Waals surface area contributed by atoms with Gasteiger partial charge in [0.05, 0.1) is 24.6 Å². The molecule has 6 heteroatoms. The third-order valence-electron chi connectivity index (χ3n) is 5.55. The van der Waals surface area contributed by atoms with Crippen molar-refractivity contribution in [3.05, 3.63) is 81.7 Å². The second kappa shape index (κ2) is 9.24. The van der Waals surface area contributed by atoms with Gasteiger partial charge in [-0.1, -0.05) is 43.3 Å². The number of hydrogen-bond acceptors (Lipinski definition) is 5. The Morgan fingerprint density at radius 1 is 1.10 bits per heavy atom. The molecule has 6 nitrogen and oxygen atoms in total. The predicted octanol–water partition coefficient (Wildman–Crippen LogP) is 3.16. The second-order valence-corrected chi connectivity index (χ2v) is 7.44. The van der Waals surface area contributed by atoms with Crippen molar-refractivity contribution in [2.24, 2.45) is 0 Å². The summed E-state index contributed by atoms with van der Waals surface area (Å²) in [6, 6.07) is 16.9. The number of fused-ring (bicyclic) bond motifs is 1. The van der Waals surface area contributed by atoms with E-state index in [1.807, 2.05) is 37.3 Å². The molecular formula is C24H26N2O4. The largest absolute Gasteiger partial charge is 0.451 e. The molecule has 0 spiro atoms. The van der Waals surface area contributed by atoms with E-state index >= 15 is 0 Å². The van der Waals surface area contributed by atoms with Gasteiger partial charge < -0.3 is 14.5 Å². The van der Waals surface area contributed by atoms with E-state index in [1.165, 1.54) is 6.07 Å². The van der Waals surface area contributed by atoms with E-state index in [2.05, 4.69) is 22.3 Å². The first kappa shape index (κ1) is 20.3. The Hall–Kier alpha value is -2.96. The van der Waals surface area contributed by atoms with E-state index in [4.69, 9.17) is 9.15 Å². The Kier molecular flexibility index (Phi) is 6.26. The van der Waals surface area contributed by atoms with Gasteiger partial charge in [-0.15, -0.1) is 0 Å². The number of nitrogens with zero attached hydrogens (tertiary/aromatic N) is 1. The van der Waals surface area contributed by atoms with E-state index in [0.29, 0.717) is 30.7 Å². The van der Waals surface area contributed by atoms with Gasteiger partial charge in [-0.3, -0.25) is 14.5 Å². The second-order valence-electron chi connectivity index (χ2n) is 7.44. The lowest BCUT2D eigenvalue weighted by molar-refractivity contribution is 0.0161. The number of carbonyl (C=O) groups excluding carboxylic acids is 1. The first-order chi connectivity index (χ1) is 14.7. The lowest BCUT2D eigenvalue weighted by Crippen LogP contribution is -2.43. The minimum Gasteiger partial charge on any atom is -0.451 e. The van der Waals surface area contributed by atoms with Crippen LogP contribution in [0.4, 0.5) is 0 Å². The number of nitrogens with one attached hydrogen (secondary N) is 1. The summed E-state index contributed by atoms with van der Waals surface area (Å²) in [5.74, 6) is -0.353. The van der Waals surface area contributed by atoms with Crippen molar-refractivity contribution < 1.29 is 13.9 Å². The number of benzene rings is 2. The van der Waals surface area contributed by atoms with Crippen molar-refractivity contribution >= 4 is 16.9 Å². The lowest BCUT2D eigenvalue weighted by Gasteiger charge is -2.34. The molecule has 0 saturated carbocycles. The Balaban J connectivity index is 1.54. The molecule has 2 aromatic carbocycles. The number of amides is 1. The maximum absolute atomic E-state index is 12.8. The summed E-state index contributed by atoms with van der Waals surface area (Å²) in [7, 11) is 0. The molecule has 30 heavy (non-hydrogen) atoms. The SMILES string of the molecule is CCc1ccc2oc(C(=O)NC[C@H](c3ccccc3)N3CCOCC3)cc(=O)c2c1. The van der Waals surface area contributed by atoms with Crippen LogP contribution in [0.5, 0.6) is 0 Å². The van der Waals surface area contributed by atoms with Crippen LogP contribution in [0.3, 0.4) is 0 Å². The Bertz CT molecular complexity index is 1070. The normalized spacial score (nSPS) is 15.8. The molecule has 0 aliphatic carbocycles. The van der Waals surface area contributed by atoms with Gasteiger partial charge in [-0.25, -0.2) is 0 Å². The maximum Gasteiger partial charge on any atom is 0.287 e. The maximum atomic E-state index is 12.8. The average Bonchev–Trinajstić information content (AvgIpc) is 2.80. The zero-order valence-corrected chi connectivity index (χ0v) is 17.1. The van der Waals surface area contributed by atoms with E-state index in [9.17, 15) is 9.59 Å². The number of rotatable bonds is 6. The molecule has 1 fully saturated rings. The molecule has 1 N–H and O–H groups in total. The van der Waals surface area contributed by atoms with Crippen LogP contribution in [0, 0.1) is 0 Å². The molecule has 0 bridgehead atoms. The standard InChI is InChI=1S/C24H26N2O4/c1-2-17-8-9-22-19(14-17)21(27)15-23(30-22)24(28)25-16-20(18-6-4-3-5-7-18)26-10-12-29-13-11-26/h3-9,14-15,20H,2,10-13,16H2,1H3,(H,25,28)/t20-/m1/s1. The molecule has 1 saturated heterocycles. The van der Waals surface area contributed by atoms with Crippen molar-refractivity contribution in [3.63, 3.8) is 0 Å². The van der Waals surface area contributed by atoms with Crippen molar-refractivity contribution in [2.75, 3.05) is 32.8 Å². The molecule has 1 atom stereocenters. The third-order valence-corrected chi connectivity index (χ3v) is 5.55. The fraction of sp³-hybridized carbons (Fsp3) is 0.333. The van der Waals surface area contributed by atoms with Crippen LogP contribution in [0.15, 0.2) is 63.8 Å². The highest BCUT2D eigenvalue weighted by Crippen LogP contribution is 2.21. The average molecular weight is 406 g/mol. The highest BCUT2D eigenvalue weighted by atomic mass is 16.5. The van der Waals surface area contributed by atoms with Gasteiger partial charge in [-0.05, 0) is 29.7 Å². The van der Waals surface area contributed by atoms with Crippen LogP contribution < -0.4 is 10.7 Å². The molecule has 2 heterocycles. The molecule has 1 aliphatic rings. The summed E-state index contributed by atoms with van der Waals surface area (Å²) < 4.78 is 11.2. The summed E-state index contributed by atoms with van der Waals surface area (Å²) in [5, 5.41) is 3.46. The molecule has 1 aromatic heterocycles. The quantitative estimate of drug-likeness (QED) is 0.681. The highest BCUT2D eigenvalue weighted by molar-refractivity contribution is 5.93. The topological polar surface area (TPSA) is 71.8 Å². The summed E-state index contributed by atoms with van der Waals surface area (Å²) in [6.45, 7) is 5.41. The Morgan fingerprint density at radius 2 is 1.87 bits per heavy atom. The number of carbonyl (C=O) groups is 1. The zero-order valence-electron chi connectivity index (χ0n) is 17.1. The molecule has 1 amide bonds. The number of aryl methyl sites for hydroxylation is 1. The molecule has 1 aliphatic heterocycles. The summed E-state index contributed by atoms with van der Waals surface area (Å²) in [4.78, 5) is 27.6. The van der Waals surface area contributed by atoms with Gasteiger partial charge in [-0.2, -0.15) is 0 Å². The van der Waals surface area contributed by atoms with Crippen LogP contribution in [-0.4, -0.2) is 43.7 Å². The third kappa shape index (κ3) is 4.45. The van der Waals surface area contributed by atoms with Gasteiger partial charge in [0, 0.05) is 25.7 Å². The smallest absolute Gasteiger partial charge is 0.287 e. The predicted molar refractivity (Wildman–Crippen MR) is 116 cm³/mol. The number of hydrogen-bond donors (Lipinski definition) is 1. The fourth-order valence-electron chi connectivity index (χ4n) is 3.83. The first-order valence-electron chi connectivity index (χ1n) is 10.4. The van der Waals surface area contributed by atoms with Crippen molar-refractivity contribution in [1.29, 1.82) is 0 Å². The van der Waals surface area contributed by atoms with Gasteiger partial charge in [0.25, 0.3) is 5.91 Å². The van der Waals surface area contributed by atoms with Gasteiger partial charge in [0.15, 0.2) is 11.2 Å². The van der Waals surface area contributed by atoms with E-state index < -0.39 is 0 Å². The zero-order chi connectivity index (χ0) is 20.9. The van der Waals surface area contributed by atoms with Crippen LogP contribution >= 0.6 is 0 Å². The first-order valence-corrected chi connectivity index (χ1v) is 10.4. The molecule has 3 aromatic rings. The van der Waals surface area contributed by atoms with Crippen LogP contribution in [0.25, 0.3) is 11.0 Å². The van der Waals surface area contributed by atoms with E-state index in [0.717, 1.165) is 30.6 Å². The van der Waals surface area contributed by atoms with Gasteiger partial charge >= 0.3 is 0 Å². The van der Waals surface area contributed by atoms with Crippen molar-refractivity contribution in [1.82, 2.24) is 10.2 Å². The minimum atomic E-state index is -0.386. The van der Waals surface area contributed by atoms with Crippen molar-refractivity contribution in [2.45, 2.75) is 19.4 Å². The number of morpholine rings is 1. The molecular weight excluding hydrogens is 380 g/mol.